The molecule has 0 unspecified atom stereocenters. The van der Waals surface area contributed by atoms with Crippen LogP contribution in [0.5, 0.6) is 0 Å². The molecule has 1 saturated heterocycles. The Kier molecular flexibility index (Phi) is 7.66. The molecular formula is C22H30N4O2S. The largest absolute Gasteiger partial charge is 0.326 e. The fourth-order valence-corrected chi connectivity index (χ4v) is 4.03. The van der Waals surface area contributed by atoms with Crippen LogP contribution in [-0.2, 0) is 16.6 Å². The number of para-hydroxylation sites is 1. The van der Waals surface area contributed by atoms with Gasteiger partial charge in [0, 0.05) is 18.8 Å². The molecule has 1 aliphatic heterocycles. The third-order valence-corrected chi connectivity index (χ3v) is 5.65. The molecule has 0 radical (unpaired) electrons. The Balaban J connectivity index is 1.47. The average molecular weight is 415 g/mol. The van der Waals surface area contributed by atoms with E-state index in [9.17, 15) is 8.42 Å². The topological polar surface area (TPSA) is 73.8 Å². The zero-order valence-corrected chi connectivity index (χ0v) is 17.7. The zero-order chi connectivity index (χ0) is 20.5. The van der Waals surface area contributed by atoms with Crippen LogP contribution in [0.25, 0.3) is 0 Å². The van der Waals surface area contributed by atoms with Crippen molar-refractivity contribution in [2.75, 3.05) is 31.2 Å². The maximum Gasteiger partial charge on any atom is 0.232 e. The van der Waals surface area contributed by atoms with Crippen molar-refractivity contribution in [3.05, 3.63) is 66.2 Å². The SMILES string of the molecule is CS(=O)(=O)NC(=NCCC1CCN(Cc2ccccc2)CC1)Nc1ccccc1. The monoisotopic (exact) mass is 414 g/mol. The minimum Gasteiger partial charge on any atom is -0.326 e. The molecule has 1 aliphatic rings. The Labute approximate surface area is 174 Å². The second-order valence-corrected chi connectivity index (χ2v) is 9.34. The predicted molar refractivity (Wildman–Crippen MR) is 119 cm³/mol. The molecule has 0 aliphatic carbocycles. The predicted octanol–water partition coefficient (Wildman–Crippen LogP) is 3.31. The van der Waals surface area contributed by atoms with Gasteiger partial charge in [-0.25, -0.2) is 8.42 Å². The van der Waals surface area contributed by atoms with Gasteiger partial charge in [0.2, 0.25) is 16.0 Å². The molecule has 0 saturated carbocycles. The molecule has 2 N–H and O–H groups in total. The Morgan fingerprint density at radius 3 is 2.28 bits per heavy atom. The summed E-state index contributed by atoms with van der Waals surface area (Å²) in [7, 11) is -3.39. The first-order valence-corrected chi connectivity index (χ1v) is 12.0. The number of sulfonamides is 1. The normalized spacial score (nSPS) is 16.5. The highest BCUT2D eigenvalue weighted by Crippen LogP contribution is 2.22. The van der Waals surface area contributed by atoms with Crippen LogP contribution >= 0.6 is 0 Å². The van der Waals surface area contributed by atoms with Crippen molar-refractivity contribution < 1.29 is 8.42 Å². The standard InChI is InChI=1S/C22H30N4O2S/c1-29(27,28)25-22(24-21-10-6-3-7-11-21)23-15-12-19-13-16-26(17-14-19)18-20-8-4-2-5-9-20/h2-11,19H,12-18H2,1H3,(H2,23,24,25). The lowest BCUT2D eigenvalue weighted by Gasteiger charge is -2.31. The molecule has 1 heterocycles. The number of piperidine rings is 1. The van der Waals surface area contributed by atoms with Gasteiger partial charge in [-0.05, 0) is 56.0 Å². The first kappa shape index (κ1) is 21.3. The Morgan fingerprint density at radius 1 is 1.03 bits per heavy atom. The van der Waals surface area contributed by atoms with Crippen molar-refractivity contribution in [1.29, 1.82) is 0 Å². The van der Waals surface area contributed by atoms with Crippen molar-refractivity contribution in [3.63, 3.8) is 0 Å². The van der Waals surface area contributed by atoms with Crippen LogP contribution in [-0.4, -0.2) is 45.2 Å². The van der Waals surface area contributed by atoms with Gasteiger partial charge in [0.15, 0.2) is 0 Å². The van der Waals surface area contributed by atoms with E-state index in [0.717, 1.165) is 50.8 Å². The van der Waals surface area contributed by atoms with Gasteiger partial charge >= 0.3 is 0 Å². The van der Waals surface area contributed by atoms with Gasteiger partial charge in [-0.3, -0.25) is 14.6 Å². The number of aliphatic imine (C=N–C) groups is 1. The fourth-order valence-electron chi connectivity index (χ4n) is 3.56. The smallest absolute Gasteiger partial charge is 0.232 e. The van der Waals surface area contributed by atoms with Crippen molar-refractivity contribution in [2.24, 2.45) is 10.9 Å². The second-order valence-electron chi connectivity index (χ2n) is 7.59. The van der Waals surface area contributed by atoms with Gasteiger partial charge in [0.1, 0.15) is 0 Å². The maximum absolute atomic E-state index is 11.6. The lowest BCUT2D eigenvalue weighted by molar-refractivity contribution is 0.173. The molecule has 0 amide bonds. The van der Waals surface area contributed by atoms with Crippen LogP contribution in [0, 0.1) is 5.92 Å². The van der Waals surface area contributed by atoms with Gasteiger partial charge < -0.3 is 5.32 Å². The van der Waals surface area contributed by atoms with Crippen LogP contribution in [0.1, 0.15) is 24.8 Å². The molecule has 29 heavy (non-hydrogen) atoms. The van der Waals surface area contributed by atoms with E-state index in [1.807, 2.05) is 30.3 Å². The first-order chi connectivity index (χ1) is 14.0. The van der Waals surface area contributed by atoms with E-state index in [4.69, 9.17) is 0 Å². The van der Waals surface area contributed by atoms with Crippen LogP contribution in [0.4, 0.5) is 5.69 Å². The van der Waals surface area contributed by atoms with E-state index < -0.39 is 10.0 Å². The third-order valence-electron chi connectivity index (χ3n) is 5.08. The Morgan fingerprint density at radius 2 is 1.66 bits per heavy atom. The Bertz CT molecular complexity index is 878. The van der Waals surface area contributed by atoms with E-state index in [1.165, 1.54) is 5.56 Å². The summed E-state index contributed by atoms with van der Waals surface area (Å²) in [6, 6.07) is 20.0. The summed E-state index contributed by atoms with van der Waals surface area (Å²) in [6.07, 6.45) is 4.41. The Hall–Kier alpha value is -2.38. The van der Waals surface area contributed by atoms with Crippen molar-refractivity contribution in [1.82, 2.24) is 9.62 Å². The second kappa shape index (κ2) is 10.4. The molecule has 0 atom stereocenters. The maximum atomic E-state index is 11.6. The molecule has 0 aromatic heterocycles. The van der Waals surface area contributed by atoms with Crippen molar-refractivity contribution in [2.45, 2.75) is 25.8 Å². The summed E-state index contributed by atoms with van der Waals surface area (Å²) < 4.78 is 25.8. The van der Waals surface area contributed by atoms with Gasteiger partial charge in [0.25, 0.3) is 0 Å². The molecule has 156 valence electrons. The number of hydrogen-bond acceptors (Lipinski definition) is 4. The van der Waals surface area contributed by atoms with Crippen molar-refractivity contribution >= 4 is 21.7 Å². The fraction of sp³-hybridized carbons (Fsp3) is 0.409. The van der Waals surface area contributed by atoms with Gasteiger partial charge in [-0.15, -0.1) is 0 Å². The van der Waals surface area contributed by atoms with E-state index in [0.29, 0.717) is 12.5 Å². The van der Waals surface area contributed by atoms with Gasteiger partial charge in [-0.2, -0.15) is 0 Å². The summed E-state index contributed by atoms with van der Waals surface area (Å²) in [4.78, 5) is 6.99. The number of guanidine groups is 1. The molecule has 0 spiro atoms. The van der Waals surface area contributed by atoms with Crippen LogP contribution in [0.3, 0.4) is 0 Å². The van der Waals surface area contributed by atoms with Crippen molar-refractivity contribution in [3.8, 4) is 0 Å². The van der Waals surface area contributed by atoms with Crippen LogP contribution in [0.2, 0.25) is 0 Å². The molecule has 7 heteroatoms. The van der Waals surface area contributed by atoms with Gasteiger partial charge in [-0.1, -0.05) is 48.5 Å². The zero-order valence-electron chi connectivity index (χ0n) is 16.9. The highest BCUT2D eigenvalue weighted by atomic mass is 32.2. The average Bonchev–Trinajstić information content (AvgIpc) is 2.70. The number of nitrogens with one attached hydrogen (secondary N) is 2. The van der Waals surface area contributed by atoms with Crippen LogP contribution in [0.15, 0.2) is 65.7 Å². The van der Waals surface area contributed by atoms with Crippen LogP contribution < -0.4 is 10.0 Å². The quantitative estimate of drug-likeness (QED) is 0.539. The summed E-state index contributed by atoms with van der Waals surface area (Å²) in [5.74, 6) is 0.905. The number of nitrogens with zero attached hydrogens (tertiary/aromatic N) is 2. The molecule has 3 rings (SSSR count). The van der Waals surface area contributed by atoms with Gasteiger partial charge in [0.05, 0.1) is 6.26 Å². The number of likely N-dealkylation sites (tertiary alicyclic amines) is 1. The third kappa shape index (κ3) is 7.87. The highest BCUT2D eigenvalue weighted by Gasteiger charge is 2.19. The number of hydrogen-bond donors (Lipinski definition) is 2. The van der Waals surface area contributed by atoms with E-state index >= 15 is 0 Å². The summed E-state index contributed by atoms with van der Waals surface area (Å²) in [5.41, 5.74) is 2.16. The number of rotatable bonds is 7. The first-order valence-electron chi connectivity index (χ1n) is 10.1. The summed E-state index contributed by atoms with van der Waals surface area (Å²) in [5, 5.41) is 3.06. The molecule has 6 nitrogen and oxygen atoms in total. The molecule has 2 aromatic rings. The minimum absolute atomic E-state index is 0.278. The molecule has 1 fully saturated rings. The van der Waals surface area contributed by atoms with E-state index in [2.05, 4.69) is 50.3 Å². The molecule has 2 aromatic carbocycles. The molecular weight excluding hydrogens is 384 g/mol. The van der Waals surface area contributed by atoms with E-state index in [-0.39, 0.29) is 5.96 Å². The lowest BCUT2D eigenvalue weighted by Crippen LogP contribution is -2.36. The van der Waals surface area contributed by atoms with E-state index in [1.54, 1.807) is 0 Å². The summed E-state index contributed by atoms with van der Waals surface area (Å²) in [6.45, 7) is 3.80. The summed E-state index contributed by atoms with van der Waals surface area (Å²) >= 11 is 0. The lowest BCUT2D eigenvalue weighted by atomic mass is 9.93. The minimum atomic E-state index is -3.39. The number of anilines is 1. The molecule has 0 bridgehead atoms. The number of benzene rings is 2. The highest BCUT2D eigenvalue weighted by molar-refractivity contribution is 7.89.